The van der Waals surface area contributed by atoms with Gasteiger partial charge >= 0.3 is 5.97 Å². The van der Waals surface area contributed by atoms with Gasteiger partial charge in [0.25, 0.3) is 0 Å². The zero-order chi connectivity index (χ0) is 21.3. The van der Waals surface area contributed by atoms with E-state index in [1.807, 2.05) is 42.5 Å². The molecule has 2 atom stereocenters. The van der Waals surface area contributed by atoms with Gasteiger partial charge in [0.15, 0.2) is 11.5 Å². The SMILES string of the molecule is CCCCC(c1ccc(OCc2ccccc2)c(OC)c1)N1CCCCC1C(=O)O. The zero-order valence-electron chi connectivity index (χ0n) is 18.0. The lowest BCUT2D eigenvalue weighted by Gasteiger charge is -2.39. The maximum atomic E-state index is 11.9. The van der Waals surface area contributed by atoms with Gasteiger partial charge < -0.3 is 14.6 Å². The molecule has 1 aliphatic rings. The molecule has 162 valence electrons. The lowest BCUT2D eigenvalue weighted by Crippen LogP contribution is -2.46. The number of piperidine rings is 1. The summed E-state index contributed by atoms with van der Waals surface area (Å²) >= 11 is 0. The second-order valence-corrected chi connectivity index (χ2v) is 7.93. The number of hydrogen-bond donors (Lipinski definition) is 1. The molecule has 1 fully saturated rings. The van der Waals surface area contributed by atoms with E-state index >= 15 is 0 Å². The predicted molar refractivity (Wildman–Crippen MR) is 118 cm³/mol. The number of rotatable bonds is 10. The highest BCUT2D eigenvalue weighted by atomic mass is 16.5. The molecule has 0 radical (unpaired) electrons. The molecule has 30 heavy (non-hydrogen) atoms. The van der Waals surface area contributed by atoms with Gasteiger partial charge in [-0.15, -0.1) is 0 Å². The van der Waals surface area contributed by atoms with Crippen LogP contribution in [0.4, 0.5) is 0 Å². The van der Waals surface area contributed by atoms with E-state index in [-0.39, 0.29) is 6.04 Å². The van der Waals surface area contributed by atoms with Gasteiger partial charge in [-0.3, -0.25) is 9.69 Å². The first-order valence-electron chi connectivity index (χ1n) is 11.0. The van der Waals surface area contributed by atoms with Gasteiger partial charge in [-0.25, -0.2) is 0 Å². The summed E-state index contributed by atoms with van der Waals surface area (Å²) in [6, 6.07) is 15.7. The first-order valence-corrected chi connectivity index (χ1v) is 11.0. The summed E-state index contributed by atoms with van der Waals surface area (Å²) in [5, 5.41) is 9.77. The molecule has 0 aromatic heterocycles. The molecule has 2 aromatic carbocycles. The van der Waals surface area contributed by atoms with Crippen molar-refractivity contribution in [2.45, 2.75) is 64.1 Å². The molecule has 2 aromatic rings. The summed E-state index contributed by atoms with van der Waals surface area (Å²) in [7, 11) is 1.65. The van der Waals surface area contributed by atoms with Gasteiger partial charge in [-0.2, -0.15) is 0 Å². The van der Waals surface area contributed by atoms with Crippen LogP contribution in [-0.4, -0.2) is 35.7 Å². The van der Waals surface area contributed by atoms with Crippen LogP contribution in [0.25, 0.3) is 0 Å². The normalized spacial score (nSPS) is 18.0. The van der Waals surface area contributed by atoms with Crippen LogP contribution in [0, 0.1) is 0 Å². The standard InChI is InChI=1S/C25H33NO4/c1-3-4-12-21(26-16-9-8-13-22(26)25(27)28)20-14-15-23(24(17-20)29-2)30-18-19-10-6-5-7-11-19/h5-7,10-11,14-15,17,21-22H,3-4,8-9,12-13,16,18H2,1-2H3,(H,27,28). The number of carboxylic acids is 1. The van der Waals surface area contributed by atoms with Gasteiger partial charge in [0.2, 0.25) is 0 Å². The van der Waals surface area contributed by atoms with Crippen LogP contribution < -0.4 is 9.47 Å². The van der Waals surface area contributed by atoms with Crippen molar-refractivity contribution in [1.29, 1.82) is 0 Å². The fourth-order valence-electron chi connectivity index (χ4n) is 4.26. The molecular weight excluding hydrogens is 378 g/mol. The lowest BCUT2D eigenvalue weighted by atomic mass is 9.93. The van der Waals surface area contributed by atoms with Crippen molar-refractivity contribution >= 4 is 5.97 Å². The molecule has 3 rings (SSSR count). The molecule has 0 bridgehead atoms. The average Bonchev–Trinajstić information content (AvgIpc) is 2.79. The smallest absolute Gasteiger partial charge is 0.320 e. The Kier molecular flexibility index (Phi) is 8.14. The number of carboxylic acid groups (broad SMARTS) is 1. The summed E-state index contributed by atoms with van der Waals surface area (Å²) in [5.41, 5.74) is 2.20. The molecule has 0 amide bonds. The van der Waals surface area contributed by atoms with Crippen molar-refractivity contribution in [1.82, 2.24) is 4.90 Å². The van der Waals surface area contributed by atoms with E-state index in [0.29, 0.717) is 24.5 Å². The molecule has 5 nitrogen and oxygen atoms in total. The third kappa shape index (κ3) is 5.54. The van der Waals surface area contributed by atoms with Crippen molar-refractivity contribution in [2.75, 3.05) is 13.7 Å². The maximum Gasteiger partial charge on any atom is 0.320 e. The number of carbonyl (C=O) groups is 1. The largest absolute Gasteiger partial charge is 0.493 e. The number of aliphatic carboxylic acids is 1. The van der Waals surface area contributed by atoms with Crippen molar-refractivity contribution in [3.63, 3.8) is 0 Å². The first-order chi connectivity index (χ1) is 14.6. The number of methoxy groups -OCH3 is 1. The maximum absolute atomic E-state index is 11.9. The Morgan fingerprint density at radius 3 is 2.67 bits per heavy atom. The minimum absolute atomic E-state index is 0.0726. The highest BCUT2D eigenvalue weighted by Gasteiger charge is 2.34. The molecule has 5 heteroatoms. The number of nitrogens with zero attached hydrogens (tertiary/aromatic N) is 1. The predicted octanol–water partition coefficient (Wildman–Crippen LogP) is 5.44. The number of ether oxygens (including phenoxy) is 2. The van der Waals surface area contributed by atoms with E-state index in [1.54, 1.807) is 7.11 Å². The third-order valence-electron chi connectivity index (χ3n) is 5.87. The summed E-state index contributed by atoms with van der Waals surface area (Å²) in [6.45, 7) is 3.46. The number of likely N-dealkylation sites (tertiary alicyclic amines) is 1. The molecule has 1 heterocycles. The Morgan fingerprint density at radius 2 is 1.97 bits per heavy atom. The number of hydrogen-bond acceptors (Lipinski definition) is 4. The fraction of sp³-hybridized carbons (Fsp3) is 0.480. The van der Waals surface area contributed by atoms with Gasteiger partial charge in [-0.1, -0.05) is 62.6 Å². The fourth-order valence-corrected chi connectivity index (χ4v) is 4.26. The van der Waals surface area contributed by atoms with Crippen molar-refractivity contribution in [3.8, 4) is 11.5 Å². The molecule has 0 aliphatic carbocycles. The molecular formula is C25H33NO4. The number of unbranched alkanes of at least 4 members (excludes halogenated alkanes) is 1. The van der Waals surface area contributed by atoms with Crippen molar-refractivity contribution < 1.29 is 19.4 Å². The van der Waals surface area contributed by atoms with E-state index in [1.165, 1.54) is 0 Å². The van der Waals surface area contributed by atoms with E-state index in [4.69, 9.17) is 9.47 Å². The van der Waals surface area contributed by atoms with Crippen LogP contribution in [0.3, 0.4) is 0 Å². The molecule has 1 N–H and O–H groups in total. The van der Waals surface area contributed by atoms with Gasteiger partial charge in [-0.05, 0) is 49.1 Å². The van der Waals surface area contributed by atoms with E-state index in [2.05, 4.69) is 17.9 Å². The van der Waals surface area contributed by atoms with Crippen LogP contribution in [0.5, 0.6) is 11.5 Å². The zero-order valence-corrected chi connectivity index (χ0v) is 18.0. The molecule has 2 unspecified atom stereocenters. The van der Waals surface area contributed by atoms with E-state index in [0.717, 1.165) is 49.8 Å². The monoisotopic (exact) mass is 411 g/mol. The molecule has 0 spiro atoms. The van der Waals surface area contributed by atoms with Crippen LogP contribution in [0.2, 0.25) is 0 Å². The van der Waals surface area contributed by atoms with Crippen LogP contribution in [0.1, 0.15) is 62.6 Å². The number of benzene rings is 2. The van der Waals surface area contributed by atoms with Crippen molar-refractivity contribution in [2.24, 2.45) is 0 Å². The van der Waals surface area contributed by atoms with Crippen molar-refractivity contribution in [3.05, 3.63) is 59.7 Å². The highest BCUT2D eigenvalue weighted by molar-refractivity contribution is 5.73. The Morgan fingerprint density at radius 1 is 1.17 bits per heavy atom. The summed E-state index contributed by atoms with van der Waals surface area (Å²) < 4.78 is 11.6. The Balaban J connectivity index is 1.83. The first kappa shape index (κ1) is 22.2. The van der Waals surface area contributed by atoms with E-state index < -0.39 is 12.0 Å². The van der Waals surface area contributed by atoms with Crippen LogP contribution in [0.15, 0.2) is 48.5 Å². The molecule has 1 saturated heterocycles. The summed E-state index contributed by atoms with van der Waals surface area (Å²) in [6.07, 6.45) is 5.81. The third-order valence-corrected chi connectivity index (χ3v) is 5.87. The van der Waals surface area contributed by atoms with Crippen LogP contribution >= 0.6 is 0 Å². The van der Waals surface area contributed by atoms with Gasteiger partial charge in [0, 0.05) is 6.04 Å². The second kappa shape index (κ2) is 11.0. The summed E-state index contributed by atoms with van der Waals surface area (Å²) in [4.78, 5) is 14.1. The minimum atomic E-state index is -0.717. The Hall–Kier alpha value is -2.53. The van der Waals surface area contributed by atoms with Crippen LogP contribution in [-0.2, 0) is 11.4 Å². The summed E-state index contributed by atoms with van der Waals surface area (Å²) in [5.74, 6) is 0.674. The Labute approximate surface area is 179 Å². The topological polar surface area (TPSA) is 59.0 Å². The minimum Gasteiger partial charge on any atom is -0.493 e. The van der Waals surface area contributed by atoms with Gasteiger partial charge in [0.1, 0.15) is 12.6 Å². The van der Waals surface area contributed by atoms with E-state index in [9.17, 15) is 9.90 Å². The average molecular weight is 412 g/mol. The lowest BCUT2D eigenvalue weighted by molar-refractivity contribution is -0.146. The highest BCUT2D eigenvalue weighted by Crippen LogP contribution is 2.37. The molecule has 0 saturated carbocycles. The Bertz CT molecular complexity index is 808. The molecule has 1 aliphatic heterocycles. The van der Waals surface area contributed by atoms with Gasteiger partial charge in [0.05, 0.1) is 7.11 Å². The quantitative estimate of drug-likeness (QED) is 0.564. The second-order valence-electron chi connectivity index (χ2n) is 7.93.